The molecule has 5 rings (SSSR count). The SMILES string of the molecule is CC(C)c1cccc(C(C)C)c1NC(=O)Nc1c(-c2cccc(C#CCN3CCCC3)c2)c2cccnc2n(CCCO)c1=O. The number of carbonyl (C=O) groups excluding carboxylic acids is 1. The van der Waals surface area contributed by atoms with Crippen LogP contribution >= 0.6 is 0 Å². The number of hydrogen-bond acceptors (Lipinski definition) is 5. The molecule has 0 unspecified atom stereocenters. The van der Waals surface area contributed by atoms with E-state index in [9.17, 15) is 14.7 Å². The van der Waals surface area contributed by atoms with E-state index in [0.717, 1.165) is 53.0 Å². The third-order valence-electron chi connectivity index (χ3n) is 8.30. The quantitative estimate of drug-likeness (QED) is 0.183. The highest BCUT2D eigenvalue weighted by molar-refractivity contribution is 6.07. The predicted molar refractivity (Wildman–Crippen MR) is 183 cm³/mol. The van der Waals surface area contributed by atoms with Crippen molar-refractivity contribution in [3.8, 4) is 23.0 Å². The molecule has 2 aromatic carbocycles. The zero-order valence-electron chi connectivity index (χ0n) is 26.7. The molecule has 0 radical (unpaired) electrons. The largest absolute Gasteiger partial charge is 0.396 e. The van der Waals surface area contributed by atoms with Gasteiger partial charge < -0.3 is 15.7 Å². The summed E-state index contributed by atoms with van der Waals surface area (Å²) in [5, 5.41) is 16.3. The van der Waals surface area contributed by atoms with Gasteiger partial charge in [0, 0.05) is 41.5 Å². The van der Waals surface area contributed by atoms with Gasteiger partial charge in [-0.15, -0.1) is 0 Å². The lowest BCUT2D eigenvalue weighted by atomic mass is 9.93. The Kier molecular flexibility index (Phi) is 10.3. The number of nitrogens with one attached hydrogen (secondary N) is 2. The van der Waals surface area contributed by atoms with Crippen LogP contribution in [0, 0.1) is 11.8 Å². The van der Waals surface area contributed by atoms with E-state index in [-0.39, 0.29) is 36.2 Å². The lowest BCUT2D eigenvalue weighted by Gasteiger charge is -2.21. The zero-order chi connectivity index (χ0) is 31.9. The monoisotopic (exact) mass is 605 g/mol. The van der Waals surface area contributed by atoms with Gasteiger partial charge in [-0.25, -0.2) is 9.78 Å². The van der Waals surface area contributed by atoms with Gasteiger partial charge in [0.1, 0.15) is 11.3 Å². The van der Waals surface area contributed by atoms with Gasteiger partial charge in [0.25, 0.3) is 5.56 Å². The molecule has 8 nitrogen and oxygen atoms in total. The lowest BCUT2D eigenvalue weighted by molar-refractivity contribution is 0.262. The summed E-state index contributed by atoms with van der Waals surface area (Å²) < 4.78 is 1.53. The van der Waals surface area contributed by atoms with Crippen molar-refractivity contribution in [1.82, 2.24) is 14.5 Å². The number of fused-ring (bicyclic) bond motifs is 1. The number of aryl methyl sites for hydroxylation is 1. The number of pyridine rings is 2. The highest BCUT2D eigenvalue weighted by Crippen LogP contribution is 2.35. The first-order valence-corrected chi connectivity index (χ1v) is 15.9. The van der Waals surface area contributed by atoms with Crippen LogP contribution in [0.5, 0.6) is 0 Å². The first-order valence-electron chi connectivity index (χ1n) is 15.9. The molecule has 1 aliphatic heterocycles. The molecule has 1 aliphatic rings. The number of aromatic nitrogens is 2. The van der Waals surface area contributed by atoms with Gasteiger partial charge in [0.15, 0.2) is 0 Å². The molecule has 2 amide bonds. The second kappa shape index (κ2) is 14.6. The van der Waals surface area contributed by atoms with Gasteiger partial charge in [0.2, 0.25) is 0 Å². The molecule has 8 heteroatoms. The van der Waals surface area contributed by atoms with E-state index in [0.29, 0.717) is 17.6 Å². The van der Waals surface area contributed by atoms with Crippen molar-refractivity contribution in [2.24, 2.45) is 0 Å². The average molecular weight is 606 g/mol. The highest BCUT2D eigenvalue weighted by Gasteiger charge is 2.22. The first kappa shape index (κ1) is 32.0. The Bertz CT molecular complexity index is 1770. The Morgan fingerprint density at radius 3 is 2.33 bits per heavy atom. The second-order valence-electron chi connectivity index (χ2n) is 12.2. The maximum Gasteiger partial charge on any atom is 0.323 e. The van der Waals surface area contributed by atoms with Gasteiger partial charge in [-0.05, 0) is 85.1 Å². The topological polar surface area (TPSA) is 99.5 Å². The van der Waals surface area contributed by atoms with Gasteiger partial charge in [-0.1, -0.05) is 69.9 Å². The molecule has 0 saturated carbocycles. The molecule has 0 spiro atoms. The molecule has 3 heterocycles. The van der Waals surface area contributed by atoms with Crippen molar-refractivity contribution in [2.45, 2.75) is 65.3 Å². The minimum atomic E-state index is -0.498. The first-order chi connectivity index (χ1) is 21.8. The minimum absolute atomic E-state index is 0.0755. The van der Waals surface area contributed by atoms with E-state index in [2.05, 4.69) is 60.1 Å². The van der Waals surface area contributed by atoms with Crippen LogP contribution in [0.3, 0.4) is 0 Å². The maximum absolute atomic E-state index is 14.2. The Morgan fingerprint density at radius 1 is 0.956 bits per heavy atom. The van der Waals surface area contributed by atoms with Gasteiger partial charge in [-0.3, -0.25) is 14.3 Å². The standard InChI is InChI=1S/C37H43N5O3/c1-25(2)29-15-8-16-30(26(3)4)33(29)39-37(45)40-34-32(31-17-9-18-38-35(31)42(36(34)44)22-11-23-43)28-14-7-12-27(24-28)13-10-21-41-19-5-6-20-41/h7-9,12,14-18,24-26,43H,5-6,11,19-23H2,1-4H3,(H2,39,40,45). The zero-order valence-corrected chi connectivity index (χ0v) is 26.7. The third kappa shape index (κ3) is 7.28. The number of urea groups is 1. The minimum Gasteiger partial charge on any atom is -0.396 e. The Hall–Kier alpha value is -4.45. The van der Waals surface area contributed by atoms with E-state index in [1.165, 1.54) is 17.4 Å². The lowest BCUT2D eigenvalue weighted by Crippen LogP contribution is -2.30. The Labute approximate surface area is 265 Å². The third-order valence-corrected chi connectivity index (χ3v) is 8.30. The van der Waals surface area contributed by atoms with E-state index in [1.54, 1.807) is 6.20 Å². The normalized spacial score (nSPS) is 13.3. The number of carbonyl (C=O) groups is 1. The molecule has 45 heavy (non-hydrogen) atoms. The molecule has 4 aromatic rings. The Balaban J connectivity index is 1.61. The number of rotatable bonds is 9. The Morgan fingerprint density at radius 2 is 1.64 bits per heavy atom. The maximum atomic E-state index is 14.2. The summed E-state index contributed by atoms with van der Waals surface area (Å²) in [4.78, 5) is 34.9. The molecule has 0 bridgehead atoms. The number of aliphatic hydroxyl groups is 1. The summed E-state index contributed by atoms with van der Waals surface area (Å²) in [5.74, 6) is 6.97. The van der Waals surface area contributed by atoms with Crippen molar-refractivity contribution >= 4 is 28.4 Å². The molecule has 2 aromatic heterocycles. The van der Waals surface area contributed by atoms with Crippen LogP contribution in [-0.4, -0.2) is 51.8 Å². The van der Waals surface area contributed by atoms with Crippen LogP contribution in [0.15, 0.2) is 65.6 Å². The van der Waals surface area contributed by atoms with Gasteiger partial charge >= 0.3 is 6.03 Å². The summed E-state index contributed by atoms with van der Waals surface area (Å²) in [6.45, 7) is 11.4. The molecule has 1 saturated heterocycles. The molecular formula is C37H43N5O3. The number of likely N-dealkylation sites (tertiary alicyclic amines) is 1. The molecule has 0 aliphatic carbocycles. The van der Waals surface area contributed by atoms with Crippen molar-refractivity contribution in [3.05, 3.63) is 87.8 Å². The summed E-state index contributed by atoms with van der Waals surface area (Å²) in [6.07, 6.45) is 4.45. The van der Waals surface area contributed by atoms with Crippen LogP contribution in [0.1, 0.15) is 75.5 Å². The fourth-order valence-corrected chi connectivity index (χ4v) is 6.03. The summed E-state index contributed by atoms with van der Waals surface area (Å²) >= 11 is 0. The number of hydrogen-bond donors (Lipinski definition) is 3. The number of aliphatic hydroxyl groups excluding tert-OH is 1. The van der Waals surface area contributed by atoms with Gasteiger partial charge in [0.05, 0.1) is 6.54 Å². The van der Waals surface area contributed by atoms with Crippen LogP contribution in [0.25, 0.3) is 22.2 Å². The predicted octanol–water partition coefficient (Wildman–Crippen LogP) is 6.78. The fraction of sp³-hybridized carbons (Fsp3) is 0.378. The van der Waals surface area contributed by atoms with Crippen LogP contribution in [-0.2, 0) is 6.54 Å². The van der Waals surface area contributed by atoms with E-state index >= 15 is 0 Å². The number of para-hydroxylation sites is 1. The van der Waals surface area contributed by atoms with Crippen LogP contribution < -0.4 is 16.2 Å². The molecular weight excluding hydrogens is 562 g/mol. The summed E-state index contributed by atoms with van der Waals surface area (Å²) in [5.41, 5.74) is 5.26. The van der Waals surface area contributed by atoms with Crippen LogP contribution in [0.2, 0.25) is 0 Å². The molecule has 3 N–H and O–H groups in total. The van der Waals surface area contributed by atoms with E-state index in [1.807, 2.05) is 54.6 Å². The van der Waals surface area contributed by atoms with Crippen molar-refractivity contribution in [3.63, 3.8) is 0 Å². The summed E-state index contributed by atoms with van der Waals surface area (Å²) in [7, 11) is 0. The molecule has 234 valence electrons. The number of benzene rings is 2. The smallest absolute Gasteiger partial charge is 0.323 e. The van der Waals surface area contributed by atoms with Gasteiger partial charge in [-0.2, -0.15) is 0 Å². The number of amides is 2. The van der Waals surface area contributed by atoms with E-state index in [4.69, 9.17) is 0 Å². The fourth-order valence-electron chi connectivity index (χ4n) is 6.03. The van der Waals surface area contributed by atoms with Crippen LogP contribution in [0.4, 0.5) is 16.2 Å². The van der Waals surface area contributed by atoms with Crippen molar-refractivity contribution in [2.75, 3.05) is 36.9 Å². The second-order valence-corrected chi connectivity index (χ2v) is 12.2. The van der Waals surface area contributed by atoms with E-state index < -0.39 is 6.03 Å². The average Bonchev–Trinajstić information content (AvgIpc) is 3.55. The highest BCUT2D eigenvalue weighted by atomic mass is 16.3. The summed E-state index contributed by atoms with van der Waals surface area (Å²) in [6, 6.07) is 17.1. The molecule has 1 fully saturated rings. The van der Waals surface area contributed by atoms with Crippen molar-refractivity contribution in [1.29, 1.82) is 0 Å². The molecule has 0 atom stereocenters. The van der Waals surface area contributed by atoms with Crippen molar-refractivity contribution < 1.29 is 9.90 Å². The number of nitrogens with zero attached hydrogens (tertiary/aromatic N) is 3. The number of anilines is 2.